The van der Waals surface area contributed by atoms with Crippen LogP contribution in [0.25, 0.3) is 5.57 Å². The minimum atomic E-state index is -0.178. The third kappa shape index (κ3) is 4.17. The van der Waals surface area contributed by atoms with Gasteiger partial charge in [-0.3, -0.25) is 4.90 Å². The fourth-order valence-corrected chi connectivity index (χ4v) is 4.43. The van der Waals surface area contributed by atoms with Crippen molar-refractivity contribution in [3.8, 4) is 0 Å². The van der Waals surface area contributed by atoms with Crippen molar-refractivity contribution in [3.05, 3.63) is 113 Å². The summed E-state index contributed by atoms with van der Waals surface area (Å²) in [6.45, 7) is 5.38. The van der Waals surface area contributed by atoms with Crippen LogP contribution in [0.3, 0.4) is 0 Å². The molecule has 0 unspecified atom stereocenters. The van der Waals surface area contributed by atoms with E-state index >= 15 is 0 Å². The smallest absolute Gasteiger partial charge is 0.140 e. The van der Waals surface area contributed by atoms with Crippen molar-refractivity contribution in [2.45, 2.75) is 26.4 Å². The summed E-state index contributed by atoms with van der Waals surface area (Å²) in [6, 6.07) is 19.9. The van der Waals surface area contributed by atoms with Gasteiger partial charge in [0.1, 0.15) is 11.6 Å². The first-order valence-corrected chi connectivity index (χ1v) is 10.9. The third-order valence-electron chi connectivity index (χ3n) is 6.03. The first kappa shape index (κ1) is 19.7. The molecule has 156 valence electrons. The molecule has 5 rings (SSSR count). The molecule has 0 fully saturated rings. The van der Waals surface area contributed by atoms with Gasteiger partial charge in [0.2, 0.25) is 0 Å². The Kier molecular flexibility index (Phi) is 5.39. The molecule has 0 atom stereocenters. The van der Waals surface area contributed by atoms with Crippen molar-refractivity contribution in [3.63, 3.8) is 0 Å². The molecule has 2 aliphatic heterocycles. The van der Waals surface area contributed by atoms with Gasteiger partial charge < -0.3 is 4.90 Å². The van der Waals surface area contributed by atoms with Gasteiger partial charge in [-0.15, -0.1) is 0 Å². The van der Waals surface area contributed by atoms with Crippen molar-refractivity contribution >= 4 is 11.4 Å². The Balaban J connectivity index is 1.42. The Morgan fingerprint density at radius 1 is 0.935 bits per heavy atom. The van der Waals surface area contributed by atoms with Crippen LogP contribution in [-0.2, 0) is 19.5 Å². The Labute approximate surface area is 183 Å². The number of aryl methyl sites for hydroxylation is 1. The normalized spacial score (nSPS) is 15.7. The largest absolute Gasteiger partial charge is 0.328 e. The van der Waals surface area contributed by atoms with Crippen LogP contribution in [0, 0.1) is 5.82 Å². The van der Waals surface area contributed by atoms with Crippen LogP contribution in [-0.4, -0.2) is 23.0 Å². The average Bonchev–Trinajstić information content (AvgIpc) is 2.79. The Hall–Kier alpha value is -3.24. The second kappa shape index (κ2) is 8.48. The van der Waals surface area contributed by atoms with E-state index in [1.807, 2.05) is 18.3 Å². The average molecular weight is 412 g/mol. The van der Waals surface area contributed by atoms with Crippen LogP contribution in [0.2, 0.25) is 0 Å². The molecular weight excluding hydrogens is 385 g/mol. The SMILES string of the molecule is CCc1ccc(CN2C=C3CN(Cc4cccc(F)c4)CC=C3c3cccnc32)cc1. The summed E-state index contributed by atoms with van der Waals surface area (Å²) < 4.78 is 13.6. The number of aromatic nitrogens is 1. The van der Waals surface area contributed by atoms with E-state index in [4.69, 9.17) is 4.98 Å². The lowest BCUT2D eigenvalue weighted by atomic mass is 9.92. The number of pyridine rings is 1. The lowest BCUT2D eigenvalue weighted by Gasteiger charge is -2.35. The minimum absolute atomic E-state index is 0.178. The van der Waals surface area contributed by atoms with Gasteiger partial charge in [-0.1, -0.05) is 49.4 Å². The van der Waals surface area contributed by atoms with E-state index in [1.165, 1.54) is 33.9 Å². The van der Waals surface area contributed by atoms with Crippen molar-refractivity contribution in [2.24, 2.45) is 0 Å². The zero-order valence-corrected chi connectivity index (χ0v) is 17.8. The van der Waals surface area contributed by atoms with E-state index in [1.54, 1.807) is 12.1 Å². The van der Waals surface area contributed by atoms with Crippen LogP contribution in [0.1, 0.15) is 29.2 Å². The van der Waals surface area contributed by atoms with E-state index in [0.717, 1.165) is 44.0 Å². The lowest BCUT2D eigenvalue weighted by Crippen LogP contribution is -2.33. The minimum Gasteiger partial charge on any atom is -0.328 e. The van der Waals surface area contributed by atoms with Crippen molar-refractivity contribution in [1.82, 2.24) is 9.88 Å². The Morgan fingerprint density at radius 2 is 1.77 bits per heavy atom. The molecule has 0 N–H and O–H groups in total. The monoisotopic (exact) mass is 411 g/mol. The zero-order valence-electron chi connectivity index (χ0n) is 17.8. The standard InChI is InChI=1S/C27H26FN3/c1-2-20-8-10-21(11-9-20)17-31-19-23-18-30(16-22-5-3-6-24(28)15-22)14-12-25(23)26-7-4-13-29-27(26)31/h3-13,15,19H,2,14,16-18H2,1H3. The second-order valence-electron chi connectivity index (χ2n) is 8.24. The first-order valence-electron chi connectivity index (χ1n) is 10.9. The number of rotatable bonds is 5. The molecule has 2 aliphatic rings. The lowest BCUT2D eigenvalue weighted by molar-refractivity contribution is 0.316. The van der Waals surface area contributed by atoms with Crippen LogP contribution >= 0.6 is 0 Å². The number of benzene rings is 2. The third-order valence-corrected chi connectivity index (χ3v) is 6.03. The summed E-state index contributed by atoms with van der Waals surface area (Å²) in [6.07, 6.45) is 7.44. The second-order valence-corrected chi connectivity index (χ2v) is 8.24. The van der Waals surface area contributed by atoms with E-state index < -0.39 is 0 Å². The molecule has 0 radical (unpaired) electrons. The molecule has 2 aromatic carbocycles. The molecule has 31 heavy (non-hydrogen) atoms. The highest BCUT2D eigenvalue weighted by Gasteiger charge is 2.27. The highest BCUT2D eigenvalue weighted by Crippen LogP contribution is 2.38. The van der Waals surface area contributed by atoms with Crippen molar-refractivity contribution in [1.29, 1.82) is 0 Å². The number of hydrogen-bond donors (Lipinski definition) is 0. The number of hydrogen-bond acceptors (Lipinski definition) is 3. The quantitative estimate of drug-likeness (QED) is 0.546. The summed E-state index contributed by atoms with van der Waals surface area (Å²) in [5, 5.41) is 0. The van der Waals surface area contributed by atoms with Gasteiger partial charge in [0, 0.05) is 44.1 Å². The molecule has 0 bridgehead atoms. The van der Waals surface area contributed by atoms with E-state index in [0.29, 0.717) is 0 Å². The van der Waals surface area contributed by atoms with Crippen molar-refractivity contribution in [2.75, 3.05) is 18.0 Å². The van der Waals surface area contributed by atoms with Gasteiger partial charge >= 0.3 is 0 Å². The highest BCUT2D eigenvalue weighted by atomic mass is 19.1. The van der Waals surface area contributed by atoms with Gasteiger partial charge in [-0.25, -0.2) is 9.37 Å². The molecule has 3 heterocycles. The molecule has 0 amide bonds. The number of anilines is 1. The summed E-state index contributed by atoms with van der Waals surface area (Å²) in [5.74, 6) is 0.832. The Morgan fingerprint density at radius 3 is 2.58 bits per heavy atom. The summed E-state index contributed by atoms with van der Waals surface area (Å²) in [5.41, 5.74) is 7.37. The van der Waals surface area contributed by atoms with Gasteiger partial charge in [-0.05, 0) is 58.5 Å². The molecular formula is C27H26FN3. The van der Waals surface area contributed by atoms with Crippen molar-refractivity contribution < 1.29 is 4.39 Å². The van der Waals surface area contributed by atoms with Crippen LogP contribution < -0.4 is 4.90 Å². The highest BCUT2D eigenvalue weighted by molar-refractivity contribution is 5.89. The van der Waals surface area contributed by atoms with E-state index in [9.17, 15) is 4.39 Å². The Bertz CT molecular complexity index is 1150. The van der Waals surface area contributed by atoms with Gasteiger partial charge in [0.05, 0.1) is 0 Å². The molecule has 3 nitrogen and oxygen atoms in total. The maximum atomic E-state index is 13.6. The fraction of sp³-hybridized carbons (Fsp3) is 0.222. The maximum Gasteiger partial charge on any atom is 0.140 e. The summed E-state index contributed by atoms with van der Waals surface area (Å²) >= 11 is 0. The molecule has 0 saturated carbocycles. The van der Waals surface area contributed by atoms with E-state index in [-0.39, 0.29) is 5.82 Å². The van der Waals surface area contributed by atoms with Crippen LogP contribution in [0.15, 0.2) is 84.7 Å². The van der Waals surface area contributed by atoms with Crippen LogP contribution in [0.5, 0.6) is 0 Å². The summed E-state index contributed by atoms with van der Waals surface area (Å²) in [4.78, 5) is 9.31. The predicted molar refractivity (Wildman–Crippen MR) is 124 cm³/mol. The molecule has 1 aromatic heterocycles. The molecule has 0 saturated heterocycles. The van der Waals surface area contributed by atoms with Gasteiger partial charge in [-0.2, -0.15) is 0 Å². The van der Waals surface area contributed by atoms with Gasteiger partial charge in [0.15, 0.2) is 0 Å². The summed E-state index contributed by atoms with van der Waals surface area (Å²) in [7, 11) is 0. The van der Waals surface area contributed by atoms with E-state index in [2.05, 4.69) is 59.3 Å². The zero-order chi connectivity index (χ0) is 21.2. The van der Waals surface area contributed by atoms with Crippen LogP contribution in [0.4, 0.5) is 10.2 Å². The molecule has 4 heteroatoms. The predicted octanol–water partition coefficient (Wildman–Crippen LogP) is 5.59. The number of nitrogens with zero attached hydrogens (tertiary/aromatic N) is 3. The molecule has 0 aliphatic carbocycles. The first-order chi connectivity index (χ1) is 15.2. The number of halogens is 1. The molecule has 0 spiro atoms. The topological polar surface area (TPSA) is 19.4 Å². The fourth-order valence-electron chi connectivity index (χ4n) is 4.43. The molecule has 3 aromatic rings. The van der Waals surface area contributed by atoms with Gasteiger partial charge in [0.25, 0.3) is 0 Å². The number of fused-ring (bicyclic) bond motifs is 3. The maximum absolute atomic E-state index is 13.6.